The predicted molar refractivity (Wildman–Crippen MR) is 66.1 cm³/mol. The molecule has 0 aliphatic heterocycles. The third-order valence-electron chi connectivity index (χ3n) is 2.36. The number of aromatic nitrogens is 4. The van der Waals surface area contributed by atoms with Crippen molar-refractivity contribution >= 4 is 17.4 Å². The fraction of sp³-hybridized carbons (Fsp3) is 0.0833. The number of nitrogens with zero attached hydrogens (tertiary/aromatic N) is 4. The van der Waals surface area contributed by atoms with Crippen molar-refractivity contribution in [3.05, 3.63) is 48.3 Å². The Balaban J connectivity index is 1.98. The maximum absolute atomic E-state index is 4.48. The lowest BCUT2D eigenvalue weighted by atomic mass is 10.4. The first kappa shape index (κ1) is 10.3. The van der Waals surface area contributed by atoms with E-state index in [0.29, 0.717) is 0 Å². The highest BCUT2D eigenvalue weighted by molar-refractivity contribution is 7.99. The Morgan fingerprint density at radius 2 is 1.82 bits per heavy atom. The van der Waals surface area contributed by atoms with Crippen molar-refractivity contribution < 1.29 is 0 Å². The van der Waals surface area contributed by atoms with Gasteiger partial charge in [0.1, 0.15) is 5.03 Å². The molecule has 0 amide bonds. The van der Waals surface area contributed by atoms with Gasteiger partial charge in [-0.15, -0.1) is 10.2 Å². The second kappa shape index (κ2) is 4.18. The largest absolute Gasteiger partial charge is 0.197 e. The number of aryl methyl sites for hydroxylation is 1. The van der Waals surface area contributed by atoms with E-state index in [0.717, 1.165) is 16.5 Å². The van der Waals surface area contributed by atoms with Crippen LogP contribution in [-0.2, 0) is 0 Å². The maximum atomic E-state index is 4.48. The molecule has 0 N–H and O–H groups in total. The van der Waals surface area contributed by atoms with E-state index < -0.39 is 0 Å². The molecule has 5 heteroatoms. The highest BCUT2D eigenvalue weighted by atomic mass is 32.2. The molecule has 0 atom stereocenters. The highest BCUT2D eigenvalue weighted by Crippen LogP contribution is 2.25. The van der Waals surface area contributed by atoms with Gasteiger partial charge in [-0.1, -0.05) is 30.0 Å². The first-order valence-corrected chi connectivity index (χ1v) is 6.06. The average Bonchev–Trinajstić information content (AvgIpc) is 2.73. The molecule has 0 spiro atoms. The minimum Gasteiger partial charge on any atom is -0.197 e. The molecule has 3 aromatic rings. The Morgan fingerprint density at radius 3 is 2.65 bits per heavy atom. The monoisotopic (exact) mass is 242 g/mol. The van der Waals surface area contributed by atoms with Gasteiger partial charge in [0.25, 0.3) is 0 Å². The maximum Gasteiger partial charge on any atom is 0.177 e. The van der Waals surface area contributed by atoms with E-state index in [-0.39, 0.29) is 0 Å². The van der Waals surface area contributed by atoms with Crippen LogP contribution in [0, 0.1) is 6.92 Å². The Bertz CT molecular complexity index is 648. The van der Waals surface area contributed by atoms with E-state index in [9.17, 15) is 0 Å². The Hall–Kier alpha value is -1.88. The zero-order chi connectivity index (χ0) is 11.7. The van der Waals surface area contributed by atoms with Crippen LogP contribution >= 0.6 is 11.8 Å². The standard InChI is InChI=1S/C12H10N4S/c1-9-13-14-11-7-8-12(15-16(9)11)17-10-5-3-2-4-6-10/h2-8H,1H3. The zero-order valence-electron chi connectivity index (χ0n) is 9.24. The number of hydrogen-bond donors (Lipinski definition) is 0. The summed E-state index contributed by atoms with van der Waals surface area (Å²) in [6.07, 6.45) is 0. The minimum atomic E-state index is 0.778. The van der Waals surface area contributed by atoms with Gasteiger partial charge in [-0.25, -0.2) is 0 Å². The Morgan fingerprint density at radius 1 is 1.00 bits per heavy atom. The van der Waals surface area contributed by atoms with E-state index in [1.807, 2.05) is 37.3 Å². The van der Waals surface area contributed by atoms with Crippen LogP contribution in [0.25, 0.3) is 5.65 Å². The van der Waals surface area contributed by atoms with Gasteiger partial charge < -0.3 is 0 Å². The molecule has 1 aromatic carbocycles. The lowest BCUT2D eigenvalue weighted by molar-refractivity contribution is 0.818. The third kappa shape index (κ3) is 2.01. The topological polar surface area (TPSA) is 43.1 Å². The second-order valence-corrected chi connectivity index (χ2v) is 4.70. The van der Waals surface area contributed by atoms with Gasteiger partial charge in [0, 0.05) is 4.90 Å². The normalized spacial score (nSPS) is 10.9. The van der Waals surface area contributed by atoms with Gasteiger partial charge >= 0.3 is 0 Å². The summed E-state index contributed by atoms with van der Waals surface area (Å²) in [7, 11) is 0. The average molecular weight is 242 g/mol. The summed E-state index contributed by atoms with van der Waals surface area (Å²) in [6.45, 7) is 1.89. The van der Waals surface area contributed by atoms with Crippen LogP contribution in [0.5, 0.6) is 0 Å². The second-order valence-electron chi connectivity index (χ2n) is 3.60. The van der Waals surface area contributed by atoms with Crippen LogP contribution in [0.1, 0.15) is 5.82 Å². The summed E-state index contributed by atoms with van der Waals surface area (Å²) >= 11 is 1.63. The van der Waals surface area contributed by atoms with Gasteiger partial charge in [0.15, 0.2) is 11.5 Å². The van der Waals surface area contributed by atoms with E-state index in [4.69, 9.17) is 0 Å². The van der Waals surface area contributed by atoms with Gasteiger partial charge in [0.2, 0.25) is 0 Å². The molecule has 4 nitrogen and oxygen atoms in total. The number of fused-ring (bicyclic) bond motifs is 1. The molecule has 0 aliphatic carbocycles. The quantitative estimate of drug-likeness (QED) is 0.692. The predicted octanol–water partition coefficient (Wildman–Crippen LogP) is 2.58. The molecule has 0 bridgehead atoms. The summed E-state index contributed by atoms with van der Waals surface area (Å²) in [4.78, 5) is 1.17. The van der Waals surface area contributed by atoms with Crippen molar-refractivity contribution in [3.63, 3.8) is 0 Å². The molecule has 0 fully saturated rings. The molecule has 2 aromatic heterocycles. The molecule has 0 aliphatic rings. The van der Waals surface area contributed by atoms with Crippen LogP contribution < -0.4 is 0 Å². The van der Waals surface area contributed by atoms with Gasteiger partial charge in [-0.2, -0.15) is 9.61 Å². The molecule has 17 heavy (non-hydrogen) atoms. The van der Waals surface area contributed by atoms with Crippen LogP contribution in [0.15, 0.2) is 52.4 Å². The van der Waals surface area contributed by atoms with Crippen LogP contribution in [0.4, 0.5) is 0 Å². The van der Waals surface area contributed by atoms with Gasteiger partial charge in [0.05, 0.1) is 0 Å². The van der Waals surface area contributed by atoms with Crippen molar-refractivity contribution in [1.82, 2.24) is 19.8 Å². The van der Waals surface area contributed by atoms with Crippen molar-refractivity contribution in [3.8, 4) is 0 Å². The Labute approximate surface area is 103 Å². The molecule has 0 radical (unpaired) electrons. The summed E-state index contributed by atoms with van der Waals surface area (Å²) in [5, 5.41) is 13.4. The van der Waals surface area contributed by atoms with E-state index in [1.165, 1.54) is 4.90 Å². The van der Waals surface area contributed by atoms with Crippen molar-refractivity contribution in [2.24, 2.45) is 0 Å². The summed E-state index contributed by atoms with van der Waals surface area (Å²) in [6, 6.07) is 14.1. The molecule has 84 valence electrons. The molecular formula is C12H10N4S. The zero-order valence-corrected chi connectivity index (χ0v) is 10.1. The molecule has 0 saturated carbocycles. The van der Waals surface area contributed by atoms with Gasteiger partial charge in [-0.3, -0.25) is 0 Å². The van der Waals surface area contributed by atoms with Crippen molar-refractivity contribution in [1.29, 1.82) is 0 Å². The minimum absolute atomic E-state index is 0.778. The molecular weight excluding hydrogens is 232 g/mol. The van der Waals surface area contributed by atoms with E-state index in [1.54, 1.807) is 16.3 Å². The number of benzene rings is 1. The van der Waals surface area contributed by atoms with Crippen molar-refractivity contribution in [2.75, 3.05) is 0 Å². The highest BCUT2D eigenvalue weighted by Gasteiger charge is 2.04. The van der Waals surface area contributed by atoms with Crippen LogP contribution in [-0.4, -0.2) is 19.8 Å². The van der Waals surface area contributed by atoms with E-state index >= 15 is 0 Å². The molecule has 2 heterocycles. The smallest absolute Gasteiger partial charge is 0.177 e. The van der Waals surface area contributed by atoms with Crippen LogP contribution in [0.3, 0.4) is 0 Å². The van der Waals surface area contributed by atoms with Gasteiger partial charge in [-0.05, 0) is 31.2 Å². The molecule has 0 saturated heterocycles. The SMILES string of the molecule is Cc1nnc2ccc(Sc3ccccc3)nn12. The van der Waals surface area contributed by atoms with E-state index in [2.05, 4.69) is 27.4 Å². The number of rotatable bonds is 2. The third-order valence-corrected chi connectivity index (χ3v) is 3.29. The summed E-state index contributed by atoms with van der Waals surface area (Å²) < 4.78 is 1.76. The number of hydrogen-bond acceptors (Lipinski definition) is 4. The molecule has 0 unspecified atom stereocenters. The lowest BCUT2D eigenvalue weighted by Gasteiger charge is -2.01. The lowest BCUT2D eigenvalue weighted by Crippen LogP contribution is -1.95. The Kier molecular flexibility index (Phi) is 2.53. The summed E-state index contributed by atoms with van der Waals surface area (Å²) in [5.74, 6) is 0.801. The van der Waals surface area contributed by atoms with Crippen LogP contribution in [0.2, 0.25) is 0 Å². The fourth-order valence-electron chi connectivity index (χ4n) is 1.54. The first-order valence-electron chi connectivity index (χ1n) is 5.25. The van der Waals surface area contributed by atoms with Crippen molar-refractivity contribution in [2.45, 2.75) is 16.8 Å². The first-order chi connectivity index (χ1) is 8.33. The summed E-state index contributed by atoms with van der Waals surface area (Å²) in [5.41, 5.74) is 0.778. The molecule has 3 rings (SSSR count). The fourth-order valence-corrected chi connectivity index (χ4v) is 2.34.